The van der Waals surface area contributed by atoms with Gasteiger partial charge in [0.25, 0.3) is 0 Å². The Labute approximate surface area is 70.4 Å². The first-order valence-electron chi connectivity index (χ1n) is 5.05. The molecule has 0 aromatic carbocycles. The molecule has 0 heterocycles. The van der Waals surface area contributed by atoms with Crippen LogP contribution in [0.1, 0.15) is 46.0 Å². The van der Waals surface area contributed by atoms with E-state index in [1.54, 1.807) is 0 Å². The van der Waals surface area contributed by atoms with Crippen LogP contribution >= 0.6 is 0 Å². The zero-order chi connectivity index (χ0) is 8.27. The van der Waals surface area contributed by atoms with E-state index in [1.807, 2.05) is 0 Å². The normalized spacial score (nSPS) is 39.0. The van der Waals surface area contributed by atoms with E-state index < -0.39 is 0 Å². The lowest BCUT2D eigenvalue weighted by Gasteiger charge is -2.34. The minimum Gasteiger partial charge on any atom is -0.327 e. The second-order valence-electron chi connectivity index (χ2n) is 3.84. The molecule has 0 aliphatic heterocycles. The highest BCUT2D eigenvalue weighted by Crippen LogP contribution is 2.31. The Kier molecular flexibility index (Phi) is 3.38. The van der Waals surface area contributed by atoms with Gasteiger partial charge in [-0.15, -0.1) is 0 Å². The van der Waals surface area contributed by atoms with Gasteiger partial charge in [-0.25, -0.2) is 0 Å². The van der Waals surface area contributed by atoms with Gasteiger partial charge in [0.2, 0.25) is 0 Å². The number of nitrogens with two attached hydrogens (primary N) is 1. The van der Waals surface area contributed by atoms with Crippen molar-refractivity contribution in [2.75, 3.05) is 0 Å². The highest BCUT2D eigenvalue weighted by atomic mass is 14.7. The van der Waals surface area contributed by atoms with Crippen LogP contribution in [0.5, 0.6) is 0 Å². The van der Waals surface area contributed by atoms with Gasteiger partial charge >= 0.3 is 0 Å². The summed E-state index contributed by atoms with van der Waals surface area (Å²) in [4.78, 5) is 0. The van der Waals surface area contributed by atoms with Crippen LogP contribution in [0.2, 0.25) is 0 Å². The van der Waals surface area contributed by atoms with Crippen molar-refractivity contribution in [3.8, 4) is 0 Å². The quantitative estimate of drug-likeness (QED) is 0.651. The van der Waals surface area contributed by atoms with Crippen LogP contribution in [0.3, 0.4) is 0 Å². The molecule has 66 valence electrons. The van der Waals surface area contributed by atoms with Crippen LogP contribution in [0.15, 0.2) is 0 Å². The molecular weight excluding hydrogens is 134 g/mol. The summed E-state index contributed by atoms with van der Waals surface area (Å²) in [5.74, 6) is 1.63. The first kappa shape index (κ1) is 9.05. The fraction of sp³-hybridized carbons (Fsp3) is 1.00. The van der Waals surface area contributed by atoms with Gasteiger partial charge in [-0.1, -0.05) is 33.1 Å². The van der Waals surface area contributed by atoms with E-state index in [2.05, 4.69) is 13.8 Å². The summed E-state index contributed by atoms with van der Waals surface area (Å²) in [6, 6.07) is 0.499. The third kappa shape index (κ3) is 1.96. The van der Waals surface area contributed by atoms with Crippen LogP contribution < -0.4 is 5.73 Å². The van der Waals surface area contributed by atoms with Crippen molar-refractivity contribution in [3.05, 3.63) is 0 Å². The predicted molar refractivity (Wildman–Crippen MR) is 49.4 cm³/mol. The van der Waals surface area contributed by atoms with Gasteiger partial charge in [-0.05, 0) is 24.7 Å². The maximum absolute atomic E-state index is 6.14. The zero-order valence-electron chi connectivity index (χ0n) is 7.84. The number of hydrogen-bond donors (Lipinski definition) is 1. The van der Waals surface area contributed by atoms with Gasteiger partial charge in [-0.2, -0.15) is 0 Å². The largest absolute Gasteiger partial charge is 0.327 e. The highest BCUT2D eigenvalue weighted by Gasteiger charge is 2.27. The Morgan fingerprint density at radius 3 is 1.91 bits per heavy atom. The molecule has 1 rings (SSSR count). The van der Waals surface area contributed by atoms with Crippen molar-refractivity contribution in [3.63, 3.8) is 0 Å². The van der Waals surface area contributed by atoms with E-state index >= 15 is 0 Å². The van der Waals surface area contributed by atoms with Gasteiger partial charge in [-0.3, -0.25) is 0 Å². The van der Waals surface area contributed by atoms with Crippen molar-refractivity contribution >= 4 is 0 Å². The summed E-state index contributed by atoms with van der Waals surface area (Å²) < 4.78 is 0. The molecule has 1 nitrogen and oxygen atoms in total. The topological polar surface area (TPSA) is 26.0 Å². The molecule has 0 aromatic rings. The SMILES string of the molecule is CC[C@@H]1CCC[C@H](CC)C1N. The number of rotatable bonds is 2. The van der Waals surface area contributed by atoms with Gasteiger partial charge < -0.3 is 5.73 Å². The first-order chi connectivity index (χ1) is 5.29. The molecule has 2 N–H and O–H groups in total. The molecule has 1 saturated carbocycles. The average molecular weight is 155 g/mol. The molecule has 1 heteroatoms. The second kappa shape index (κ2) is 4.10. The Hall–Kier alpha value is -0.0400. The molecule has 1 fully saturated rings. The second-order valence-corrected chi connectivity index (χ2v) is 3.84. The Morgan fingerprint density at radius 2 is 1.55 bits per heavy atom. The first-order valence-corrected chi connectivity index (χ1v) is 5.05. The van der Waals surface area contributed by atoms with Gasteiger partial charge in [0.1, 0.15) is 0 Å². The molecule has 0 amide bonds. The van der Waals surface area contributed by atoms with Crippen LogP contribution in [0, 0.1) is 11.8 Å². The van der Waals surface area contributed by atoms with E-state index in [9.17, 15) is 0 Å². The lowest BCUT2D eigenvalue weighted by atomic mass is 9.75. The standard InChI is InChI=1S/C10H21N/c1-3-8-6-5-7-9(4-2)10(8)11/h8-10H,3-7,11H2,1-2H3/t8-,9+,10?. The Morgan fingerprint density at radius 1 is 1.09 bits per heavy atom. The summed E-state index contributed by atoms with van der Waals surface area (Å²) in [7, 11) is 0. The van der Waals surface area contributed by atoms with E-state index in [1.165, 1.54) is 32.1 Å². The fourth-order valence-electron chi connectivity index (χ4n) is 2.36. The summed E-state index contributed by atoms with van der Waals surface area (Å²) >= 11 is 0. The van der Waals surface area contributed by atoms with Gasteiger partial charge in [0.05, 0.1) is 0 Å². The highest BCUT2D eigenvalue weighted by molar-refractivity contribution is 4.83. The molecule has 0 bridgehead atoms. The Bertz CT molecular complexity index is 99.4. The molecule has 1 aliphatic rings. The van der Waals surface area contributed by atoms with Crippen LogP contribution in [-0.2, 0) is 0 Å². The average Bonchev–Trinajstić information content (AvgIpc) is 2.05. The molecule has 1 unspecified atom stereocenters. The molecule has 0 saturated heterocycles. The van der Waals surface area contributed by atoms with E-state index in [0.29, 0.717) is 6.04 Å². The third-order valence-corrected chi connectivity index (χ3v) is 3.29. The predicted octanol–water partition coefficient (Wildman–Crippen LogP) is 2.55. The minimum absolute atomic E-state index is 0.499. The van der Waals surface area contributed by atoms with Crippen LogP contribution in [0.25, 0.3) is 0 Å². The fourth-order valence-corrected chi connectivity index (χ4v) is 2.36. The third-order valence-electron chi connectivity index (χ3n) is 3.29. The van der Waals surface area contributed by atoms with Gasteiger partial charge in [0, 0.05) is 6.04 Å². The molecule has 0 aromatic heterocycles. The molecule has 1 aliphatic carbocycles. The van der Waals surface area contributed by atoms with Crippen molar-refractivity contribution < 1.29 is 0 Å². The van der Waals surface area contributed by atoms with E-state index in [0.717, 1.165) is 11.8 Å². The lowest BCUT2D eigenvalue weighted by Crippen LogP contribution is -2.40. The van der Waals surface area contributed by atoms with Gasteiger partial charge in [0.15, 0.2) is 0 Å². The maximum Gasteiger partial charge on any atom is 0.00954 e. The maximum atomic E-state index is 6.14. The molecule has 11 heavy (non-hydrogen) atoms. The Balaban J connectivity index is 2.45. The summed E-state index contributed by atoms with van der Waals surface area (Å²) in [6.45, 7) is 4.53. The summed E-state index contributed by atoms with van der Waals surface area (Å²) in [6.07, 6.45) is 6.70. The molecular formula is C10H21N. The minimum atomic E-state index is 0.499. The lowest BCUT2D eigenvalue weighted by molar-refractivity contribution is 0.210. The summed E-state index contributed by atoms with van der Waals surface area (Å²) in [5.41, 5.74) is 6.14. The zero-order valence-corrected chi connectivity index (χ0v) is 7.84. The van der Waals surface area contributed by atoms with Crippen molar-refractivity contribution in [1.29, 1.82) is 0 Å². The molecule has 0 radical (unpaired) electrons. The smallest absolute Gasteiger partial charge is 0.00954 e. The van der Waals surface area contributed by atoms with Crippen LogP contribution in [-0.4, -0.2) is 6.04 Å². The summed E-state index contributed by atoms with van der Waals surface area (Å²) in [5, 5.41) is 0. The van der Waals surface area contributed by atoms with Crippen LogP contribution in [0.4, 0.5) is 0 Å². The molecule has 3 atom stereocenters. The number of hydrogen-bond acceptors (Lipinski definition) is 1. The van der Waals surface area contributed by atoms with Crippen molar-refractivity contribution in [2.24, 2.45) is 17.6 Å². The monoisotopic (exact) mass is 155 g/mol. The molecule has 0 spiro atoms. The van der Waals surface area contributed by atoms with Crippen molar-refractivity contribution in [2.45, 2.75) is 52.0 Å². The van der Waals surface area contributed by atoms with Crippen molar-refractivity contribution in [1.82, 2.24) is 0 Å². The van der Waals surface area contributed by atoms with E-state index in [4.69, 9.17) is 5.73 Å². The van der Waals surface area contributed by atoms with E-state index in [-0.39, 0.29) is 0 Å².